The Morgan fingerprint density at radius 3 is 2.46 bits per heavy atom. The summed E-state index contributed by atoms with van der Waals surface area (Å²) in [5.74, 6) is 1.69. The molecule has 0 atom stereocenters. The molecule has 0 radical (unpaired) electrons. The number of ether oxygens (including phenoxy) is 4. The van der Waals surface area contributed by atoms with Crippen molar-refractivity contribution < 1.29 is 28.5 Å². The van der Waals surface area contributed by atoms with Crippen LogP contribution in [0.1, 0.15) is 21.5 Å². The highest BCUT2D eigenvalue weighted by atomic mass is 16.7. The molecule has 0 aliphatic carbocycles. The molecule has 8 nitrogen and oxygen atoms in total. The molecule has 2 amide bonds. The second-order valence-electron chi connectivity index (χ2n) is 7.69. The first kappa shape index (κ1) is 23.7. The van der Waals surface area contributed by atoms with Crippen molar-refractivity contribution in [3.63, 3.8) is 0 Å². The van der Waals surface area contributed by atoms with Gasteiger partial charge in [0.05, 0.1) is 14.2 Å². The molecule has 2 N–H and O–H groups in total. The monoisotopic (exact) mass is 474 g/mol. The lowest BCUT2D eigenvalue weighted by atomic mass is 10.1. The highest BCUT2D eigenvalue weighted by molar-refractivity contribution is 6.05. The molecule has 0 spiro atoms. The zero-order valence-electron chi connectivity index (χ0n) is 19.5. The Hall–Kier alpha value is -4.46. The van der Waals surface area contributed by atoms with E-state index in [4.69, 9.17) is 18.9 Å². The molecule has 4 rings (SSSR count). The Bertz CT molecular complexity index is 1240. The van der Waals surface area contributed by atoms with E-state index in [9.17, 15) is 9.59 Å². The van der Waals surface area contributed by atoms with Crippen LogP contribution in [0.2, 0.25) is 0 Å². The van der Waals surface area contributed by atoms with Crippen molar-refractivity contribution in [1.29, 1.82) is 0 Å². The summed E-state index contributed by atoms with van der Waals surface area (Å²) in [7, 11) is 3.15. The number of hydrogen-bond acceptors (Lipinski definition) is 6. The summed E-state index contributed by atoms with van der Waals surface area (Å²) in [5, 5.41) is 5.61. The molecular weight excluding hydrogens is 448 g/mol. The summed E-state index contributed by atoms with van der Waals surface area (Å²) in [6.07, 6.45) is 2.17. The lowest BCUT2D eigenvalue weighted by Crippen LogP contribution is -2.35. The molecule has 3 aromatic carbocycles. The van der Waals surface area contributed by atoms with Crippen LogP contribution in [0.4, 0.5) is 0 Å². The molecule has 180 valence electrons. The van der Waals surface area contributed by atoms with Gasteiger partial charge in [0.25, 0.3) is 11.8 Å². The lowest BCUT2D eigenvalue weighted by Gasteiger charge is -2.12. The highest BCUT2D eigenvalue weighted by Crippen LogP contribution is 2.33. The minimum absolute atomic E-state index is 0.116. The molecule has 0 unspecified atom stereocenters. The van der Waals surface area contributed by atoms with Crippen LogP contribution in [0.15, 0.2) is 72.4 Å². The van der Waals surface area contributed by atoms with E-state index >= 15 is 0 Å². The molecule has 8 heteroatoms. The predicted octanol–water partition coefficient (Wildman–Crippen LogP) is 3.56. The largest absolute Gasteiger partial charge is 0.493 e. The molecule has 0 saturated heterocycles. The summed E-state index contributed by atoms with van der Waals surface area (Å²) >= 11 is 0. The molecule has 0 aromatic heterocycles. The van der Waals surface area contributed by atoms with Crippen molar-refractivity contribution in [2.45, 2.75) is 6.42 Å². The van der Waals surface area contributed by atoms with Crippen LogP contribution in [0.5, 0.6) is 23.0 Å². The van der Waals surface area contributed by atoms with Crippen LogP contribution in [0, 0.1) is 0 Å². The first-order valence-corrected chi connectivity index (χ1v) is 11.0. The van der Waals surface area contributed by atoms with Crippen LogP contribution >= 0.6 is 0 Å². The average Bonchev–Trinajstić information content (AvgIpc) is 3.36. The maximum atomic E-state index is 13.1. The Morgan fingerprint density at radius 1 is 0.914 bits per heavy atom. The molecule has 1 heterocycles. The standard InChI is InChI=1S/C27H26N2O6/c1-32-22-10-8-18(15-24(22)33-2)12-13-28-27(31)21(29-26(30)20-6-4-3-5-7-20)14-19-9-11-23-25(16-19)35-17-34-23/h3-11,14-16H,12-13,17H2,1-2H3,(H,28,31)(H,29,30)/b21-14-. The zero-order chi connectivity index (χ0) is 24.6. The number of hydrogen-bond donors (Lipinski definition) is 2. The van der Waals surface area contributed by atoms with E-state index in [1.165, 1.54) is 0 Å². The van der Waals surface area contributed by atoms with Gasteiger partial charge in [-0.05, 0) is 60.0 Å². The van der Waals surface area contributed by atoms with Crippen LogP contribution in [-0.4, -0.2) is 39.4 Å². The summed E-state index contributed by atoms with van der Waals surface area (Å²) < 4.78 is 21.4. The fourth-order valence-corrected chi connectivity index (χ4v) is 3.56. The van der Waals surface area contributed by atoms with Crippen molar-refractivity contribution in [2.24, 2.45) is 0 Å². The Labute approximate surface area is 203 Å². The first-order chi connectivity index (χ1) is 17.1. The summed E-state index contributed by atoms with van der Waals surface area (Å²) in [6, 6.07) is 19.6. The zero-order valence-corrected chi connectivity index (χ0v) is 19.5. The van der Waals surface area contributed by atoms with Gasteiger partial charge in [-0.25, -0.2) is 0 Å². The van der Waals surface area contributed by atoms with Crippen molar-refractivity contribution in [3.8, 4) is 23.0 Å². The molecule has 0 saturated carbocycles. The summed E-state index contributed by atoms with van der Waals surface area (Å²) in [4.78, 5) is 25.8. The number of nitrogens with one attached hydrogen (secondary N) is 2. The van der Waals surface area contributed by atoms with Crippen molar-refractivity contribution >= 4 is 17.9 Å². The van der Waals surface area contributed by atoms with Gasteiger partial charge in [-0.3, -0.25) is 9.59 Å². The Kier molecular flexibility index (Phi) is 7.52. The highest BCUT2D eigenvalue weighted by Gasteiger charge is 2.17. The summed E-state index contributed by atoms with van der Waals surface area (Å²) in [5.41, 5.74) is 2.22. The van der Waals surface area contributed by atoms with Gasteiger partial charge in [-0.1, -0.05) is 30.3 Å². The van der Waals surface area contributed by atoms with Gasteiger partial charge in [-0.15, -0.1) is 0 Å². The van der Waals surface area contributed by atoms with Gasteiger partial charge in [0.1, 0.15) is 5.70 Å². The molecule has 0 bridgehead atoms. The number of rotatable bonds is 9. The van der Waals surface area contributed by atoms with E-state index in [-0.39, 0.29) is 18.4 Å². The Morgan fingerprint density at radius 2 is 1.69 bits per heavy atom. The number of amides is 2. The lowest BCUT2D eigenvalue weighted by molar-refractivity contribution is -0.117. The third-order valence-electron chi connectivity index (χ3n) is 5.38. The number of methoxy groups -OCH3 is 2. The number of carbonyl (C=O) groups is 2. The van der Waals surface area contributed by atoms with Gasteiger partial charge in [0.15, 0.2) is 23.0 Å². The number of benzene rings is 3. The van der Waals surface area contributed by atoms with Crippen LogP contribution < -0.4 is 29.6 Å². The Balaban J connectivity index is 1.49. The number of fused-ring (bicyclic) bond motifs is 1. The molecule has 1 aliphatic heterocycles. The van der Waals surface area contributed by atoms with Crippen LogP contribution in [-0.2, 0) is 11.2 Å². The van der Waals surface area contributed by atoms with Crippen LogP contribution in [0.3, 0.4) is 0 Å². The number of carbonyl (C=O) groups excluding carboxylic acids is 2. The maximum Gasteiger partial charge on any atom is 0.267 e. The maximum absolute atomic E-state index is 13.1. The predicted molar refractivity (Wildman–Crippen MR) is 131 cm³/mol. The second kappa shape index (κ2) is 11.1. The minimum Gasteiger partial charge on any atom is -0.493 e. The SMILES string of the molecule is COc1ccc(CCNC(=O)/C(=C/c2ccc3c(c2)OCO3)NC(=O)c2ccccc2)cc1OC. The molecular formula is C27H26N2O6. The van der Waals surface area contributed by atoms with E-state index in [1.54, 1.807) is 62.8 Å². The average molecular weight is 475 g/mol. The third kappa shape index (κ3) is 5.92. The van der Waals surface area contributed by atoms with Gasteiger partial charge >= 0.3 is 0 Å². The van der Waals surface area contributed by atoms with E-state index in [0.717, 1.165) is 5.56 Å². The van der Waals surface area contributed by atoms with E-state index < -0.39 is 5.91 Å². The van der Waals surface area contributed by atoms with Crippen LogP contribution in [0.25, 0.3) is 6.08 Å². The van der Waals surface area contributed by atoms with Gasteiger partial charge in [-0.2, -0.15) is 0 Å². The van der Waals surface area contributed by atoms with Crippen molar-refractivity contribution in [3.05, 3.63) is 89.1 Å². The quantitative estimate of drug-likeness (QED) is 0.461. The van der Waals surface area contributed by atoms with E-state index in [1.807, 2.05) is 24.3 Å². The van der Waals surface area contributed by atoms with E-state index in [2.05, 4.69) is 10.6 Å². The fraction of sp³-hybridized carbons (Fsp3) is 0.185. The fourth-order valence-electron chi connectivity index (χ4n) is 3.56. The normalized spacial score (nSPS) is 12.1. The molecule has 0 fully saturated rings. The molecule has 35 heavy (non-hydrogen) atoms. The van der Waals surface area contributed by atoms with Gasteiger partial charge in [0.2, 0.25) is 6.79 Å². The smallest absolute Gasteiger partial charge is 0.267 e. The van der Waals surface area contributed by atoms with Gasteiger partial charge in [0, 0.05) is 12.1 Å². The van der Waals surface area contributed by atoms with E-state index in [0.29, 0.717) is 47.1 Å². The van der Waals surface area contributed by atoms with Gasteiger partial charge < -0.3 is 29.6 Å². The third-order valence-corrected chi connectivity index (χ3v) is 5.38. The topological polar surface area (TPSA) is 95.1 Å². The minimum atomic E-state index is -0.410. The van der Waals surface area contributed by atoms with Crippen molar-refractivity contribution in [1.82, 2.24) is 10.6 Å². The van der Waals surface area contributed by atoms with Crippen molar-refractivity contribution in [2.75, 3.05) is 27.6 Å². The molecule has 3 aromatic rings. The summed E-state index contributed by atoms with van der Waals surface area (Å²) in [6.45, 7) is 0.505. The first-order valence-electron chi connectivity index (χ1n) is 11.0. The molecule has 1 aliphatic rings. The second-order valence-corrected chi connectivity index (χ2v) is 7.69.